The van der Waals surface area contributed by atoms with Crippen LogP contribution in [0.3, 0.4) is 0 Å². The maximum absolute atomic E-state index is 4.74. The quantitative estimate of drug-likeness (QED) is 0.179. The third-order valence-corrected chi connectivity index (χ3v) is 8.09. The number of hydrogen-bond donors (Lipinski definition) is 0. The molecule has 0 aliphatic heterocycles. The number of aromatic nitrogens is 3. The van der Waals surface area contributed by atoms with Crippen molar-refractivity contribution in [1.82, 2.24) is 4.98 Å². The molecule has 0 radical (unpaired) electrons. The number of fused-ring (bicyclic) bond motifs is 3. The van der Waals surface area contributed by atoms with Gasteiger partial charge in [0.25, 0.3) is 0 Å². The van der Waals surface area contributed by atoms with Gasteiger partial charge in [-0.05, 0) is 81.5 Å². The highest BCUT2D eigenvalue weighted by Crippen LogP contribution is 2.35. The first kappa shape index (κ1) is 24.9. The van der Waals surface area contributed by atoms with Crippen molar-refractivity contribution in [2.45, 2.75) is 41.2 Å². The molecule has 0 saturated heterocycles. The lowest BCUT2D eigenvalue weighted by Gasteiger charge is -2.15. The Morgan fingerprint density at radius 3 is 2.26 bits per heavy atom. The van der Waals surface area contributed by atoms with Gasteiger partial charge in [-0.1, -0.05) is 35.9 Å². The number of nitrogens with zero attached hydrogens (tertiary/aromatic N) is 3. The predicted molar refractivity (Wildman–Crippen MR) is 161 cm³/mol. The normalized spacial score (nSPS) is 11.4. The van der Waals surface area contributed by atoms with E-state index >= 15 is 0 Å². The zero-order valence-corrected chi connectivity index (χ0v) is 23.7. The van der Waals surface area contributed by atoms with Gasteiger partial charge in [-0.15, -0.1) is 0 Å². The molecule has 0 bridgehead atoms. The van der Waals surface area contributed by atoms with Crippen LogP contribution >= 0.6 is 0 Å². The number of benzene rings is 3. The van der Waals surface area contributed by atoms with Gasteiger partial charge in [-0.3, -0.25) is 4.98 Å². The second-order valence-electron chi connectivity index (χ2n) is 10.9. The Morgan fingerprint density at radius 2 is 1.44 bits per heavy atom. The molecule has 0 fully saturated rings. The van der Waals surface area contributed by atoms with E-state index < -0.39 is 0 Å². The number of pyridine rings is 3. The van der Waals surface area contributed by atoms with Gasteiger partial charge in [0.2, 0.25) is 11.4 Å². The summed E-state index contributed by atoms with van der Waals surface area (Å²) >= 11 is 0. The second-order valence-corrected chi connectivity index (χ2v) is 10.9. The molecular formula is C36H35N3+2. The minimum Gasteiger partial charge on any atom is -0.258 e. The Kier molecular flexibility index (Phi) is 6.23. The first-order chi connectivity index (χ1) is 18.8. The molecule has 0 unspecified atom stereocenters. The van der Waals surface area contributed by atoms with Gasteiger partial charge in [0.05, 0.1) is 16.5 Å². The van der Waals surface area contributed by atoms with Gasteiger partial charge in [-0.2, -0.15) is 4.57 Å². The molecule has 3 heteroatoms. The molecule has 192 valence electrons. The highest BCUT2D eigenvalue weighted by atomic mass is 15.0. The van der Waals surface area contributed by atoms with Crippen LogP contribution in [0.2, 0.25) is 0 Å². The fourth-order valence-corrected chi connectivity index (χ4v) is 6.07. The largest absolute Gasteiger partial charge is 0.258 e. The lowest BCUT2D eigenvalue weighted by molar-refractivity contribution is -0.676. The summed E-state index contributed by atoms with van der Waals surface area (Å²) in [6.45, 7) is 11.6. The molecule has 0 aliphatic carbocycles. The molecular weight excluding hydrogens is 474 g/mol. The maximum atomic E-state index is 4.74. The van der Waals surface area contributed by atoms with Crippen LogP contribution in [0.5, 0.6) is 0 Å². The fraction of sp³-hybridized carbons (Fsp3) is 0.194. The van der Waals surface area contributed by atoms with Crippen molar-refractivity contribution in [1.29, 1.82) is 0 Å². The molecule has 3 aromatic heterocycles. The highest BCUT2D eigenvalue weighted by Gasteiger charge is 2.24. The van der Waals surface area contributed by atoms with Crippen molar-refractivity contribution < 1.29 is 9.13 Å². The van der Waals surface area contributed by atoms with Crippen LogP contribution < -0.4 is 9.13 Å². The minimum atomic E-state index is 0.773. The number of rotatable bonds is 4. The summed E-state index contributed by atoms with van der Waals surface area (Å²) in [6, 6.07) is 28.9. The average molecular weight is 510 g/mol. The summed E-state index contributed by atoms with van der Waals surface area (Å²) in [5, 5.41) is 5.03. The number of aryl methyl sites for hydroxylation is 5. The van der Waals surface area contributed by atoms with Crippen molar-refractivity contribution in [3.8, 4) is 22.5 Å². The van der Waals surface area contributed by atoms with Crippen molar-refractivity contribution in [3.05, 3.63) is 125 Å². The molecule has 6 rings (SSSR count). The van der Waals surface area contributed by atoms with E-state index in [4.69, 9.17) is 4.98 Å². The summed E-state index contributed by atoms with van der Waals surface area (Å²) in [7, 11) is 2.11. The third-order valence-electron chi connectivity index (χ3n) is 8.09. The minimum absolute atomic E-state index is 0.773. The second kappa shape index (κ2) is 9.74. The molecule has 3 heterocycles. The summed E-state index contributed by atoms with van der Waals surface area (Å²) in [6.07, 6.45) is 4.39. The van der Waals surface area contributed by atoms with E-state index in [1.54, 1.807) is 0 Å². The molecule has 0 amide bonds. The van der Waals surface area contributed by atoms with Gasteiger partial charge in [0, 0.05) is 45.9 Å². The Morgan fingerprint density at radius 1 is 0.667 bits per heavy atom. The first-order valence-electron chi connectivity index (χ1n) is 13.7. The Bertz CT molecular complexity index is 1900. The van der Waals surface area contributed by atoms with E-state index in [0.717, 1.165) is 17.9 Å². The molecule has 3 aromatic carbocycles. The van der Waals surface area contributed by atoms with E-state index in [2.05, 4.69) is 142 Å². The van der Waals surface area contributed by atoms with Crippen molar-refractivity contribution >= 4 is 21.5 Å². The molecule has 0 aliphatic rings. The molecule has 0 N–H and O–H groups in total. The highest BCUT2D eigenvalue weighted by molar-refractivity contribution is 6.11. The fourth-order valence-electron chi connectivity index (χ4n) is 6.07. The van der Waals surface area contributed by atoms with Crippen LogP contribution in [0, 0.1) is 34.6 Å². The van der Waals surface area contributed by atoms with Crippen molar-refractivity contribution in [2.75, 3.05) is 0 Å². The summed E-state index contributed by atoms with van der Waals surface area (Å²) in [5.74, 6) is 0. The van der Waals surface area contributed by atoms with Crippen LogP contribution in [0.25, 0.3) is 44.1 Å². The molecule has 6 aromatic rings. The summed E-state index contributed by atoms with van der Waals surface area (Å²) in [5.41, 5.74) is 12.4. The van der Waals surface area contributed by atoms with Gasteiger partial charge >= 0.3 is 0 Å². The third kappa shape index (κ3) is 4.38. The van der Waals surface area contributed by atoms with Gasteiger partial charge < -0.3 is 0 Å². The predicted octanol–water partition coefficient (Wildman–Crippen LogP) is 7.42. The van der Waals surface area contributed by atoms with E-state index in [-0.39, 0.29) is 0 Å². The average Bonchev–Trinajstić information content (AvgIpc) is 2.91. The Labute approximate surface area is 231 Å². The molecule has 3 nitrogen and oxygen atoms in total. The molecule has 0 atom stereocenters. The lowest BCUT2D eigenvalue weighted by atomic mass is 9.92. The van der Waals surface area contributed by atoms with E-state index in [1.807, 2.05) is 0 Å². The van der Waals surface area contributed by atoms with Crippen molar-refractivity contribution in [2.24, 2.45) is 7.05 Å². The zero-order valence-electron chi connectivity index (χ0n) is 23.7. The van der Waals surface area contributed by atoms with Crippen molar-refractivity contribution in [3.63, 3.8) is 0 Å². The summed E-state index contributed by atoms with van der Waals surface area (Å²) < 4.78 is 4.64. The lowest BCUT2D eigenvalue weighted by Crippen LogP contribution is -2.38. The molecule has 39 heavy (non-hydrogen) atoms. The Balaban J connectivity index is 1.65. The summed E-state index contributed by atoms with van der Waals surface area (Å²) in [4.78, 5) is 4.74. The van der Waals surface area contributed by atoms with Crippen LogP contribution in [0.15, 0.2) is 91.3 Å². The molecule has 0 spiro atoms. The van der Waals surface area contributed by atoms with Gasteiger partial charge in [-0.25, -0.2) is 4.57 Å². The van der Waals surface area contributed by atoms with E-state index in [0.29, 0.717) is 0 Å². The van der Waals surface area contributed by atoms with Gasteiger partial charge in [0.15, 0.2) is 18.9 Å². The smallest absolute Gasteiger partial charge is 0.220 e. The van der Waals surface area contributed by atoms with Crippen LogP contribution in [-0.4, -0.2) is 4.98 Å². The van der Waals surface area contributed by atoms with E-state index in [9.17, 15) is 0 Å². The van der Waals surface area contributed by atoms with E-state index in [1.165, 1.54) is 66.3 Å². The SMILES string of the molecule is Cc1cc(C)c(C)c(-c2c3ccc4c(C)nc(C)cc4c3cc[n+]2Cc2ccccc2-c2cccc[n+]2C)c1. The zero-order chi connectivity index (χ0) is 27.3. The Hall–Kier alpha value is -4.37. The molecule has 0 saturated carbocycles. The topological polar surface area (TPSA) is 20.6 Å². The maximum Gasteiger partial charge on any atom is 0.220 e. The van der Waals surface area contributed by atoms with Crippen LogP contribution in [0.4, 0.5) is 0 Å². The van der Waals surface area contributed by atoms with Crippen LogP contribution in [-0.2, 0) is 13.6 Å². The number of hydrogen-bond acceptors (Lipinski definition) is 1. The first-order valence-corrected chi connectivity index (χ1v) is 13.7. The van der Waals surface area contributed by atoms with Crippen LogP contribution in [0.1, 0.15) is 33.6 Å². The van der Waals surface area contributed by atoms with Gasteiger partial charge in [0.1, 0.15) is 7.05 Å². The monoisotopic (exact) mass is 509 g/mol. The standard InChI is InChI=1S/C36H35N3/c1-23-19-24(2)26(4)33(20-23)36-32-15-14-29-27(5)37-25(3)21-34(29)31(32)16-18-39(36)22-28-11-7-8-12-30(28)35-13-9-10-17-38(35)6/h7-21H,22H2,1-6H3/q+2.